The van der Waals surface area contributed by atoms with E-state index in [1.54, 1.807) is 38.2 Å². The second-order valence-corrected chi connectivity index (χ2v) is 16.8. The summed E-state index contributed by atoms with van der Waals surface area (Å²) in [5, 5.41) is 34.3. The molecule has 2 saturated heterocycles. The van der Waals surface area contributed by atoms with Crippen LogP contribution in [-0.4, -0.2) is 143 Å². The second-order valence-electron chi connectivity index (χ2n) is 16.8. The Balaban J connectivity index is 1.67. The number of esters is 1. The van der Waals surface area contributed by atoms with Crippen LogP contribution in [0.25, 0.3) is 0 Å². The van der Waals surface area contributed by atoms with E-state index in [0.717, 1.165) is 43.6 Å². The van der Waals surface area contributed by atoms with E-state index in [1.165, 1.54) is 6.42 Å². The fraction of sp³-hybridized carbons (Fsp3) is 0.744. The molecule has 12 atom stereocenters. The molecule has 4 rings (SSSR count). The summed E-state index contributed by atoms with van der Waals surface area (Å²) < 4.78 is 19.1. The highest BCUT2D eigenvalue weighted by Crippen LogP contribution is 2.35. The van der Waals surface area contributed by atoms with Gasteiger partial charge in [-0.15, -0.1) is 0 Å². The van der Waals surface area contributed by atoms with Gasteiger partial charge in [0.2, 0.25) is 0 Å². The van der Waals surface area contributed by atoms with Gasteiger partial charge in [-0.1, -0.05) is 51.0 Å². The lowest BCUT2D eigenvalue weighted by atomic mass is 9.79. The van der Waals surface area contributed by atoms with Crippen LogP contribution in [0.5, 0.6) is 0 Å². The van der Waals surface area contributed by atoms with Crippen molar-refractivity contribution in [3.8, 4) is 0 Å². The maximum atomic E-state index is 13.8. The fourth-order valence-electron chi connectivity index (χ4n) is 8.62. The van der Waals surface area contributed by atoms with Gasteiger partial charge in [-0.05, 0) is 110 Å². The van der Waals surface area contributed by atoms with Crippen molar-refractivity contribution in [2.24, 2.45) is 23.7 Å². The predicted molar refractivity (Wildman–Crippen MR) is 213 cm³/mol. The van der Waals surface area contributed by atoms with Crippen molar-refractivity contribution in [1.29, 1.82) is 0 Å². The second kappa shape index (κ2) is 21.8. The van der Waals surface area contributed by atoms with Crippen LogP contribution < -0.4 is 0 Å². The molecule has 12 nitrogen and oxygen atoms in total. The molecule has 4 heterocycles. The number of hydrogen-bond acceptors (Lipinski definition) is 12. The minimum absolute atomic E-state index is 0.00292. The summed E-state index contributed by atoms with van der Waals surface area (Å²) in [7, 11) is 5.61. The summed E-state index contributed by atoms with van der Waals surface area (Å²) >= 11 is 0. The lowest BCUT2D eigenvalue weighted by Crippen LogP contribution is -2.63. The average Bonchev–Trinajstić information content (AvgIpc) is 3.15. The van der Waals surface area contributed by atoms with E-state index in [0.29, 0.717) is 32.4 Å². The van der Waals surface area contributed by atoms with Crippen LogP contribution in [0.15, 0.2) is 48.3 Å². The zero-order chi connectivity index (χ0) is 40.2. The Morgan fingerprint density at radius 1 is 1.02 bits per heavy atom. The zero-order valence-electron chi connectivity index (χ0n) is 34.6. The molecule has 2 fully saturated rings. The number of cyclic esters (lactones) is 1. The molecule has 1 aromatic heterocycles. The summed E-state index contributed by atoms with van der Waals surface area (Å²) in [6.45, 7) is 13.6. The topological polar surface area (TPSA) is 145 Å². The van der Waals surface area contributed by atoms with E-state index < -0.39 is 60.8 Å². The summed E-state index contributed by atoms with van der Waals surface area (Å²) in [5.41, 5.74) is 1.97. The van der Waals surface area contributed by atoms with Crippen molar-refractivity contribution < 1.29 is 39.1 Å². The first-order chi connectivity index (χ1) is 26.2. The third-order valence-corrected chi connectivity index (χ3v) is 11.9. The number of rotatable bonds is 11. The first-order valence-corrected chi connectivity index (χ1v) is 20.6. The summed E-state index contributed by atoms with van der Waals surface area (Å²) in [4.78, 5) is 38.2. The van der Waals surface area contributed by atoms with Crippen LogP contribution in [0.2, 0.25) is 0 Å². The quantitative estimate of drug-likeness (QED) is 0.277. The molecule has 3 aliphatic heterocycles. The van der Waals surface area contributed by atoms with Gasteiger partial charge >= 0.3 is 5.97 Å². The summed E-state index contributed by atoms with van der Waals surface area (Å²) in [5.74, 6) is -1.86. The highest BCUT2D eigenvalue weighted by atomic mass is 16.7. The number of carbonyl (C=O) groups excluding carboxylic acids is 2. The molecule has 0 aromatic carbocycles. The third kappa shape index (κ3) is 13.2. The Morgan fingerprint density at radius 2 is 1.75 bits per heavy atom. The van der Waals surface area contributed by atoms with Gasteiger partial charge in [-0.3, -0.25) is 14.6 Å². The van der Waals surface area contributed by atoms with Crippen molar-refractivity contribution in [2.45, 2.75) is 135 Å². The SMILES string of the molecule is CC[C@H]1OC(=O)C[C@@H](O)[C@H](C)[C@@H](O[C@@H]2O[C@H](C)[C@@H](O)[C@H](N(C)C)[C@H]2O)[C@@H](CCN2CCCCC2)C[C@@H](C)C(=O)/C=C\C(C)=C/[C@@H]1CN(C)Cc1cccnc1. The normalized spacial score (nSPS) is 36.7. The number of carbonyl (C=O) groups is 2. The zero-order valence-corrected chi connectivity index (χ0v) is 34.6. The molecule has 0 bridgehead atoms. The van der Waals surface area contributed by atoms with E-state index in [2.05, 4.69) is 20.9 Å². The van der Waals surface area contributed by atoms with Gasteiger partial charge in [0.25, 0.3) is 0 Å². The number of ether oxygens (including phenoxy) is 3. The Hall–Kier alpha value is -2.55. The lowest BCUT2D eigenvalue weighted by molar-refractivity contribution is -0.304. The molecule has 310 valence electrons. The number of pyridine rings is 1. The molecule has 12 heteroatoms. The Kier molecular flexibility index (Phi) is 17.9. The van der Waals surface area contributed by atoms with E-state index >= 15 is 0 Å². The van der Waals surface area contributed by atoms with E-state index in [4.69, 9.17) is 14.2 Å². The molecule has 0 aliphatic carbocycles. The summed E-state index contributed by atoms with van der Waals surface area (Å²) in [6, 6.07) is 3.29. The van der Waals surface area contributed by atoms with E-state index in [-0.39, 0.29) is 30.0 Å². The molecule has 0 saturated carbocycles. The van der Waals surface area contributed by atoms with Crippen LogP contribution in [0, 0.1) is 23.7 Å². The van der Waals surface area contributed by atoms with Crippen LogP contribution in [0.3, 0.4) is 0 Å². The average molecular weight is 771 g/mol. The maximum absolute atomic E-state index is 13.8. The van der Waals surface area contributed by atoms with Crippen molar-refractivity contribution >= 4 is 11.8 Å². The molecule has 55 heavy (non-hydrogen) atoms. The molecule has 0 amide bonds. The van der Waals surface area contributed by atoms with Gasteiger partial charge in [0, 0.05) is 43.2 Å². The van der Waals surface area contributed by atoms with Gasteiger partial charge < -0.3 is 44.2 Å². The molecule has 3 N–H and O–H groups in total. The Morgan fingerprint density at radius 3 is 2.40 bits per heavy atom. The molecule has 1 aromatic rings. The predicted octanol–water partition coefficient (Wildman–Crippen LogP) is 4.22. The fourth-order valence-corrected chi connectivity index (χ4v) is 8.62. The minimum atomic E-state index is -1.19. The number of ketones is 1. The summed E-state index contributed by atoms with van der Waals surface area (Å²) in [6.07, 6.45) is 8.01. The highest BCUT2D eigenvalue weighted by Gasteiger charge is 2.47. The van der Waals surface area contributed by atoms with Gasteiger partial charge in [-0.2, -0.15) is 0 Å². The first kappa shape index (κ1) is 45.2. The number of allylic oxidation sites excluding steroid dienone is 3. The highest BCUT2D eigenvalue weighted by molar-refractivity contribution is 5.91. The Labute approximate surface area is 329 Å². The van der Waals surface area contributed by atoms with Crippen molar-refractivity contribution in [1.82, 2.24) is 19.7 Å². The smallest absolute Gasteiger partial charge is 0.308 e. The number of piperidine rings is 1. The van der Waals surface area contributed by atoms with E-state index in [1.807, 2.05) is 59.1 Å². The van der Waals surface area contributed by atoms with Crippen LogP contribution >= 0.6 is 0 Å². The number of likely N-dealkylation sites (N-methyl/N-ethyl adjacent to an activating group) is 1. The number of nitrogens with zero attached hydrogens (tertiary/aromatic N) is 4. The van der Waals surface area contributed by atoms with Crippen molar-refractivity contribution in [3.05, 3.63) is 53.9 Å². The molecule has 0 radical (unpaired) electrons. The molecule has 3 aliphatic rings. The molecule has 0 unspecified atom stereocenters. The Bertz CT molecular complexity index is 1390. The van der Waals surface area contributed by atoms with Crippen LogP contribution in [0.4, 0.5) is 0 Å². The van der Waals surface area contributed by atoms with Crippen molar-refractivity contribution in [3.63, 3.8) is 0 Å². The van der Waals surface area contributed by atoms with E-state index in [9.17, 15) is 24.9 Å². The van der Waals surface area contributed by atoms with Crippen LogP contribution in [-0.2, 0) is 30.3 Å². The number of aliphatic hydroxyl groups is 3. The van der Waals surface area contributed by atoms with Gasteiger partial charge in [-0.25, -0.2) is 0 Å². The monoisotopic (exact) mass is 771 g/mol. The van der Waals surface area contributed by atoms with Gasteiger partial charge in [0.15, 0.2) is 12.1 Å². The minimum Gasteiger partial charge on any atom is -0.462 e. The molecular formula is C43H70N4O8. The number of aromatic nitrogens is 1. The number of likely N-dealkylation sites (tertiary alicyclic amines) is 1. The first-order valence-electron chi connectivity index (χ1n) is 20.6. The van der Waals surface area contributed by atoms with Gasteiger partial charge in [0.05, 0.1) is 36.9 Å². The third-order valence-electron chi connectivity index (χ3n) is 11.9. The van der Waals surface area contributed by atoms with Crippen molar-refractivity contribution in [2.75, 3.05) is 47.3 Å². The largest absolute Gasteiger partial charge is 0.462 e. The lowest BCUT2D eigenvalue weighted by Gasteiger charge is -2.47. The maximum Gasteiger partial charge on any atom is 0.308 e. The van der Waals surface area contributed by atoms with Gasteiger partial charge in [0.1, 0.15) is 12.2 Å². The number of aliphatic hydroxyl groups excluding tert-OH is 3. The standard InChI is InChI=1S/C43H70N4O8/c1-9-37-34(27-46(8)26-32-14-13-18-44-25-32)22-28(2)15-16-35(48)29(3)23-33(17-21-47-19-11-10-12-20-47)42(30(4)36(49)24-38(50)54-37)55-43-41(52)39(45(6)7)40(51)31(5)53-43/h13-16,18,22,25,29-31,33-34,36-37,39-43,49,51-52H,9-12,17,19-21,23-24,26-27H2,1-8H3/b16-15-,28-22-/t29-,30+,31-,33+,34-,36-,37-,39+,40-,41-,42-,43+/m1/s1. The molecular weight excluding hydrogens is 700 g/mol. The number of hydrogen-bond donors (Lipinski definition) is 3. The van der Waals surface area contributed by atoms with Crippen LogP contribution in [0.1, 0.15) is 85.1 Å². The molecule has 0 spiro atoms.